The molecule has 0 radical (unpaired) electrons. The maximum atomic E-state index is 11.0. The maximum absolute atomic E-state index is 11.0. The first-order valence-electron chi connectivity index (χ1n) is 6.08. The molecule has 0 aromatic heterocycles. The molecule has 1 saturated carbocycles. The van der Waals surface area contributed by atoms with E-state index in [2.05, 4.69) is 0 Å². The summed E-state index contributed by atoms with van der Waals surface area (Å²) in [6.45, 7) is 1.72. The summed E-state index contributed by atoms with van der Waals surface area (Å²) >= 11 is 0. The van der Waals surface area contributed by atoms with Crippen molar-refractivity contribution in [3.63, 3.8) is 0 Å². The lowest BCUT2D eigenvalue weighted by atomic mass is 9.77. The molecule has 19 heavy (non-hydrogen) atoms. The minimum atomic E-state index is -0.948. The third kappa shape index (κ3) is 2.67. The largest absolute Gasteiger partial charge is 0.481 e. The molecule has 2 rings (SSSR count). The minimum Gasteiger partial charge on any atom is -0.481 e. The Hall–Kier alpha value is -2.11. The van der Waals surface area contributed by atoms with Crippen molar-refractivity contribution in [2.75, 3.05) is 0 Å². The summed E-state index contributed by atoms with van der Waals surface area (Å²) in [6.07, 6.45) is 1.99. The van der Waals surface area contributed by atoms with Gasteiger partial charge in [0.15, 0.2) is 0 Å². The van der Waals surface area contributed by atoms with Gasteiger partial charge in [-0.1, -0.05) is 12.1 Å². The Kier molecular flexibility index (Phi) is 3.42. The topological polar surface area (TPSA) is 89.7 Å². The number of carbonyl (C=O) groups is 1. The number of carboxylic acid groups (broad SMARTS) is 1. The summed E-state index contributed by atoms with van der Waals surface area (Å²) in [5.41, 5.74) is -0.259. The molecule has 1 aromatic rings. The van der Waals surface area contributed by atoms with Crippen molar-refractivity contribution in [1.82, 2.24) is 0 Å². The van der Waals surface area contributed by atoms with Gasteiger partial charge in [0.25, 0.3) is 0 Å². The number of hydrogen-bond acceptors (Lipinski definition) is 4. The van der Waals surface area contributed by atoms with Crippen LogP contribution >= 0.6 is 0 Å². The van der Waals surface area contributed by atoms with Gasteiger partial charge >= 0.3 is 11.7 Å². The number of ether oxygens (including phenoxy) is 1. The summed E-state index contributed by atoms with van der Waals surface area (Å²) in [4.78, 5) is 21.4. The van der Waals surface area contributed by atoms with Crippen LogP contribution in [0.5, 0.6) is 5.75 Å². The smallest absolute Gasteiger partial charge is 0.311 e. The summed E-state index contributed by atoms with van der Waals surface area (Å²) in [5, 5.41) is 19.9. The Bertz CT molecular complexity index is 522. The average molecular weight is 265 g/mol. The molecule has 1 aromatic carbocycles. The molecule has 0 amide bonds. The number of aliphatic carboxylic acids is 1. The summed E-state index contributed by atoms with van der Waals surface area (Å²) in [7, 11) is 0. The number of benzene rings is 1. The van der Waals surface area contributed by atoms with Gasteiger partial charge in [0.1, 0.15) is 5.60 Å². The second kappa shape index (κ2) is 4.87. The van der Waals surface area contributed by atoms with Gasteiger partial charge in [-0.15, -0.1) is 0 Å². The lowest BCUT2D eigenvalue weighted by molar-refractivity contribution is -0.386. The molecule has 0 unspecified atom stereocenters. The zero-order valence-electron chi connectivity index (χ0n) is 10.6. The van der Waals surface area contributed by atoms with E-state index in [4.69, 9.17) is 9.84 Å². The van der Waals surface area contributed by atoms with Gasteiger partial charge in [-0.25, -0.2) is 0 Å². The summed E-state index contributed by atoms with van der Waals surface area (Å²) in [6, 6.07) is 4.68. The Labute approximate surface area is 110 Å². The molecule has 0 saturated heterocycles. The van der Waals surface area contributed by atoms with E-state index in [1.54, 1.807) is 19.1 Å². The number of nitro benzene ring substituents is 1. The molecule has 0 heterocycles. The van der Waals surface area contributed by atoms with Crippen molar-refractivity contribution in [3.05, 3.63) is 33.9 Å². The third-order valence-corrected chi connectivity index (χ3v) is 3.44. The normalized spacial score (nSPS) is 16.5. The molecule has 1 aliphatic carbocycles. The molecule has 1 fully saturated rings. The molecule has 0 spiro atoms. The van der Waals surface area contributed by atoms with E-state index >= 15 is 0 Å². The van der Waals surface area contributed by atoms with E-state index in [1.165, 1.54) is 6.07 Å². The Morgan fingerprint density at radius 3 is 2.68 bits per heavy atom. The molecule has 6 nitrogen and oxygen atoms in total. The molecule has 1 N–H and O–H groups in total. The van der Waals surface area contributed by atoms with Crippen LogP contribution in [-0.4, -0.2) is 21.6 Å². The molecule has 1 aliphatic rings. The van der Waals surface area contributed by atoms with E-state index in [-0.39, 0.29) is 17.9 Å². The number of para-hydroxylation sites is 1. The quantitative estimate of drug-likeness (QED) is 0.653. The van der Waals surface area contributed by atoms with Crippen LogP contribution in [0.3, 0.4) is 0 Å². The molecule has 6 heteroatoms. The highest BCUT2D eigenvalue weighted by molar-refractivity contribution is 5.68. The molecule has 0 bridgehead atoms. The summed E-state index contributed by atoms with van der Waals surface area (Å²) in [5.74, 6) is -0.760. The number of carboxylic acids is 1. The van der Waals surface area contributed by atoms with E-state index in [0.717, 1.165) is 6.42 Å². The Morgan fingerprint density at radius 2 is 2.21 bits per heavy atom. The van der Waals surface area contributed by atoms with Crippen LogP contribution in [0.2, 0.25) is 0 Å². The van der Waals surface area contributed by atoms with E-state index < -0.39 is 16.5 Å². The number of rotatable bonds is 5. The van der Waals surface area contributed by atoms with E-state index in [0.29, 0.717) is 18.4 Å². The van der Waals surface area contributed by atoms with Crippen LogP contribution in [0.25, 0.3) is 0 Å². The van der Waals surface area contributed by atoms with Crippen molar-refractivity contribution < 1.29 is 19.6 Å². The monoisotopic (exact) mass is 265 g/mol. The second-order valence-corrected chi connectivity index (χ2v) is 4.89. The zero-order chi connectivity index (χ0) is 14.0. The lowest BCUT2D eigenvalue weighted by Gasteiger charge is -2.40. The van der Waals surface area contributed by atoms with Crippen LogP contribution in [0, 0.1) is 17.0 Å². The Balaban J connectivity index is 2.32. The third-order valence-electron chi connectivity index (χ3n) is 3.44. The highest BCUT2D eigenvalue weighted by Crippen LogP contribution is 2.43. The predicted octanol–water partition coefficient (Wildman–Crippen LogP) is 2.68. The average Bonchev–Trinajstić information content (AvgIpc) is 2.27. The molecular formula is C13H15NO5. The molecule has 102 valence electrons. The Morgan fingerprint density at radius 1 is 1.53 bits per heavy atom. The number of aryl methyl sites for hydroxylation is 1. The van der Waals surface area contributed by atoms with Crippen molar-refractivity contribution >= 4 is 11.7 Å². The van der Waals surface area contributed by atoms with Crippen LogP contribution in [-0.2, 0) is 4.79 Å². The van der Waals surface area contributed by atoms with E-state index in [1.807, 2.05) is 0 Å². The first-order valence-corrected chi connectivity index (χ1v) is 6.08. The fraction of sp³-hybridized carbons (Fsp3) is 0.462. The van der Waals surface area contributed by atoms with Crippen LogP contribution in [0.15, 0.2) is 18.2 Å². The number of nitrogens with zero attached hydrogens (tertiary/aromatic N) is 1. The van der Waals surface area contributed by atoms with Crippen molar-refractivity contribution in [2.24, 2.45) is 0 Å². The minimum absolute atomic E-state index is 0.114. The van der Waals surface area contributed by atoms with Crippen molar-refractivity contribution in [1.29, 1.82) is 0 Å². The van der Waals surface area contributed by atoms with Crippen LogP contribution < -0.4 is 4.74 Å². The van der Waals surface area contributed by atoms with Gasteiger partial charge in [-0.3, -0.25) is 14.9 Å². The maximum Gasteiger partial charge on any atom is 0.311 e. The van der Waals surface area contributed by atoms with Crippen molar-refractivity contribution in [2.45, 2.75) is 38.2 Å². The highest BCUT2D eigenvalue weighted by Gasteiger charge is 2.43. The van der Waals surface area contributed by atoms with Gasteiger partial charge < -0.3 is 9.84 Å². The lowest BCUT2D eigenvalue weighted by Crippen LogP contribution is -2.45. The number of hydrogen-bond donors (Lipinski definition) is 1. The van der Waals surface area contributed by atoms with Crippen molar-refractivity contribution in [3.8, 4) is 5.75 Å². The highest BCUT2D eigenvalue weighted by atomic mass is 16.6. The standard InChI is InChI=1S/C13H15NO5/c1-9-4-2-5-10(14(17)18)12(9)19-13(6-3-7-13)8-11(15)16/h2,4-5H,3,6-8H2,1H3,(H,15,16). The fourth-order valence-electron chi connectivity index (χ4n) is 2.29. The first-order chi connectivity index (χ1) is 8.93. The van der Waals surface area contributed by atoms with Gasteiger partial charge in [0, 0.05) is 6.07 Å². The van der Waals surface area contributed by atoms with Gasteiger partial charge in [-0.2, -0.15) is 0 Å². The summed E-state index contributed by atoms with van der Waals surface area (Å²) < 4.78 is 5.75. The predicted molar refractivity (Wildman–Crippen MR) is 67.3 cm³/mol. The van der Waals surface area contributed by atoms with Crippen LogP contribution in [0.1, 0.15) is 31.2 Å². The molecule has 0 atom stereocenters. The zero-order valence-corrected chi connectivity index (χ0v) is 10.6. The fourth-order valence-corrected chi connectivity index (χ4v) is 2.29. The van der Waals surface area contributed by atoms with Gasteiger partial charge in [0.2, 0.25) is 5.75 Å². The second-order valence-electron chi connectivity index (χ2n) is 4.89. The van der Waals surface area contributed by atoms with Crippen LogP contribution in [0.4, 0.5) is 5.69 Å². The van der Waals surface area contributed by atoms with Gasteiger partial charge in [-0.05, 0) is 31.7 Å². The number of nitro groups is 1. The molecule has 0 aliphatic heterocycles. The molecular weight excluding hydrogens is 250 g/mol. The SMILES string of the molecule is Cc1cccc([N+](=O)[O-])c1OC1(CC(=O)O)CCC1. The first kappa shape index (κ1) is 13.3. The van der Waals surface area contributed by atoms with E-state index in [9.17, 15) is 14.9 Å². The van der Waals surface area contributed by atoms with Gasteiger partial charge in [0.05, 0.1) is 11.3 Å².